The number of nitrogens with two attached hydrogens (primary N) is 1. The first-order valence-electron chi connectivity index (χ1n) is 5.89. The molecular weight excluding hydrogens is 250 g/mol. The Morgan fingerprint density at radius 2 is 2.28 bits per heavy atom. The number of rotatable bonds is 2. The van der Waals surface area contributed by atoms with Gasteiger partial charge in [0.1, 0.15) is 12.1 Å². The minimum atomic E-state index is -0.339. The Morgan fingerprint density at radius 3 is 2.94 bits per heavy atom. The summed E-state index contributed by atoms with van der Waals surface area (Å²) < 4.78 is 0. The van der Waals surface area contributed by atoms with Gasteiger partial charge in [0.05, 0.1) is 11.3 Å². The second-order valence-corrected chi connectivity index (χ2v) is 4.82. The van der Waals surface area contributed by atoms with Crippen molar-refractivity contribution >= 4 is 23.2 Å². The largest absolute Gasteiger partial charge is 0.368 e. The van der Waals surface area contributed by atoms with E-state index < -0.39 is 0 Å². The SMILES string of the molecule is N#Cc1cc(Cl)ccc1N1CCCCC1C(N)=O. The number of halogens is 1. The third-order valence-corrected chi connectivity index (χ3v) is 3.45. The average molecular weight is 264 g/mol. The summed E-state index contributed by atoms with van der Waals surface area (Å²) in [6.45, 7) is 0.740. The Kier molecular flexibility index (Phi) is 3.73. The maximum Gasteiger partial charge on any atom is 0.240 e. The lowest BCUT2D eigenvalue weighted by molar-refractivity contribution is -0.119. The standard InChI is InChI=1S/C13H14ClN3O/c14-10-4-5-11(9(7-10)8-15)17-6-2-1-3-12(17)13(16)18/h4-5,7,12H,1-3,6H2,(H2,16,18). The van der Waals surface area contributed by atoms with Gasteiger partial charge in [-0.05, 0) is 37.5 Å². The molecule has 0 spiro atoms. The monoisotopic (exact) mass is 263 g/mol. The highest BCUT2D eigenvalue weighted by molar-refractivity contribution is 6.30. The van der Waals surface area contributed by atoms with Crippen molar-refractivity contribution in [1.82, 2.24) is 0 Å². The van der Waals surface area contributed by atoms with Gasteiger partial charge in [0.15, 0.2) is 0 Å². The normalized spacial score (nSPS) is 19.3. The van der Waals surface area contributed by atoms with Crippen LogP contribution in [-0.4, -0.2) is 18.5 Å². The fourth-order valence-electron chi connectivity index (χ4n) is 2.36. The molecule has 0 radical (unpaired) electrons. The van der Waals surface area contributed by atoms with Crippen LogP contribution in [0.1, 0.15) is 24.8 Å². The fraction of sp³-hybridized carbons (Fsp3) is 0.385. The van der Waals surface area contributed by atoms with Crippen LogP contribution in [0.25, 0.3) is 0 Å². The highest BCUT2D eigenvalue weighted by atomic mass is 35.5. The highest BCUT2D eigenvalue weighted by Crippen LogP contribution is 2.29. The summed E-state index contributed by atoms with van der Waals surface area (Å²) >= 11 is 5.87. The lowest BCUT2D eigenvalue weighted by Crippen LogP contribution is -2.48. The van der Waals surface area contributed by atoms with Gasteiger partial charge >= 0.3 is 0 Å². The van der Waals surface area contributed by atoms with Gasteiger partial charge < -0.3 is 10.6 Å². The number of carbonyl (C=O) groups is 1. The van der Waals surface area contributed by atoms with Crippen LogP contribution in [0.4, 0.5) is 5.69 Å². The summed E-state index contributed by atoms with van der Waals surface area (Å²) in [5.41, 5.74) is 6.65. The highest BCUT2D eigenvalue weighted by Gasteiger charge is 2.28. The van der Waals surface area contributed by atoms with Crippen LogP contribution in [0.2, 0.25) is 5.02 Å². The zero-order valence-corrected chi connectivity index (χ0v) is 10.7. The Balaban J connectivity index is 2.40. The molecule has 0 bridgehead atoms. The van der Waals surface area contributed by atoms with Crippen molar-refractivity contribution in [1.29, 1.82) is 5.26 Å². The van der Waals surface area contributed by atoms with E-state index in [1.807, 2.05) is 4.90 Å². The van der Waals surface area contributed by atoms with E-state index in [0.717, 1.165) is 31.5 Å². The molecule has 1 amide bonds. The quantitative estimate of drug-likeness (QED) is 0.888. The van der Waals surface area contributed by atoms with Gasteiger partial charge in [-0.25, -0.2) is 0 Å². The molecule has 2 rings (SSSR count). The first-order valence-corrected chi connectivity index (χ1v) is 6.27. The number of nitrogens with zero attached hydrogens (tertiary/aromatic N) is 2. The molecular formula is C13H14ClN3O. The van der Waals surface area contributed by atoms with Crippen LogP contribution < -0.4 is 10.6 Å². The lowest BCUT2D eigenvalue weighted by atomic mass is 9.99. The smallest absolute Gasteiger partial charge is 0.240 e. The molecule has 1 fully saturated rings. The first kappa shape index (κ1) is 12.7. The summed E-state index contributed by atoms with van der Waals surface area (Å²) in [6, 6.07) is 6.91. The molecule has 0 aliphatic carbocycles. The van der Waals surface area contributed by atoms with Crippen molar-refractivity contribution < 1.29 is 4.79 Å². The summed E-state index contributed by atoms with van der Waals surface area (Å²) in [4.78, 5) is 13.4. The molecule has 5 heteroatoms. The maximum absolute atomic E-state index is 11.5. The number of hydrogen-bond donors (Lipinski definition) is 1. The summed E-state index contributed by atoms with van der Waals surface area (Å²) in [6.07, 6.45) is 2.72. The van der Waals surface area contributed by atoms with Crippen LogP contribution in [0.15, 0.2) is 18.2 Å². The lowest BCUT2D eigenvalue weighted by Gasteiger charge is -2.36. The number of primary amides is 1. The van der Waals surface area contributed by atoms with Crippen molar-refractivity contribution in [3.63, 3.8) is 0 Å². The number of carbonyl (C=O) groups excluding carboxylic acids is 1. The van der Waals surface area contributed by atoms with Crippen molar-refractivity contribution in [2.45, 2.75) is 25.3 Å². The van der Waals surface area contributed by atoms with Crippen LogP contribution >= 0.6 is 11.6 Å². The van der Waals surface area contributed by atoms with Gasteiger partial charge in [0.2, 0.25) is 5.91 Å². The number of benzene rings is 1. The maximum atomic E-state index is 11.5. The molecule has 4 nitrogen and oxygen atoms in total. The van der Waals surface area contributed by atoms with E-state index in [4.69, 9.17) is 22.6 Å². The van der Waals surface area contributed by atoms with Crippen molar-refractivity contribution in [2.24, 2.45) is 5.73 Å². The number of hydrogen-bond acceptors (Lipinski definition) is 3. The summed E-state index contributed by atoms with van der Waals surface area (Å²) in [7, 11) is 0. The number of amides is 1. The van der Waals surface area contributed by atoms with Crippen molar-refractivity contribution in [2.75, 3.05) is 11.4 Å². The molecule has 0 aromatic heterocycles. The zero-order valence-electron chi connectivity index (χ0n) is 9.90. The molecule has 1 aliphatic rings. The fourth-order valence-corrected chi connectivity index (χ4v) is 2.54. The molecule has 1 aromatic carbocycles. The summed E-state index contributed by atoms with van der Waals surface area (Å²) in [5.74, 6) is -0.339. The Morgan fingerprint density at radius 1 is 1.50 bits per heavy atom. The molecule has 18 heavy (non-hydrogen) atoms. The van der Waals surface area contributed by atoms with Crippen molar-refractivity contribution in [3.8, 4) is 6.07 Å². The number of piperidine rings is 1. The van der Waals surface area contributed by atoms with Crippen LogP contribution in [0.3, 0.4) is 0 Å². The third kappa shape index (κ3) is 2.41. The molecule has 1 atom stereocenters. The van der Waals surface area contributed by atoms with E-state index in [1.165, 1.54) is 0 Å². The third-order valence-electron chi connectivity index (χ3n) is 3.22. The van der Waals surface area contributed by atoms with Gasteiger partial charge in [-0.3, -0.25) is 4.79 Å². The molecule has 1 unspecified atom stereocenters. The van der Waals surface area contributed by atoms with E-state index in [0.29, 0.717) is 10.6 Å². The van der Waals surface area contributed by atoms with Crippen LogP contribution in [0.5, 0.6) is 0 Å². The van der Waals surface area contributed by atoms with Gasteiger partial charge in [-0.2, -0.15) is 5.26 Å². The molecule has 94 valence electrons. The van der Waals surface area contributed by atoms with Gasteiger partial charge in [0.25, 0.3) is 0 Å². The molecule has 1 aliphatic heterocycles. The topological polar surface area (TPSA) is 70.1 Å². The van der Waals surface area contributed by atoms with Crippen molar-refractivity contribution in [3.05, 3.63) is 28.8 Å². The molecule has 1 heterocycles. The minimum absolute atomic E-state index is 0.327. The van der Waals surface area contributed by atoms with Gasteiger partial charge in [0, 0.05) is 11.6 Å². The van der Waals surface area contributed by atoms with Gasteiger partial charge in [-0.15, -0.1) is 0 Å². The average Bonchev–Trinajstić information content (AvgIpc) is 2.38. The zero-order chi connectivity index (χ0) is 13.1. The van der Waals surface area contributed by atoms with E-state index in [2.05, 4.69) is 6.07 Å². The Labute approximate surface area is 111 Å². The van der Waals surface area contributed by atoms with E-state index >= 15 is 0 Å². The number of anilines is 1. The predicted octanol–water partition coefficient (Wildman–Crippen LogP) is 2.06. The second kappa shape index (κ2) is 5.28. The summed E-state index contributed by atoms with van der Waals surface area (Å²) in [5, 5.41) is 9.66. The molecule has 0 saturated carbocycles. The van der Waals surface area contributed by atoms with E-state index in [1.54, 1.807) is 18.2 Å². The molecule has 2 N–H and O–H groups in total. The molecule has 1 saturated heterocycles. The van der Waals surface area contributed by atoms with Crippen LogP contribution in [-0.2, 0) is 4.79 Å². The van der Waals surface area contributed by atoms with E-state index in [-0.39, 0.29) is 11.9 Å². The van der Waals surface area contributed by atoms with E-state index in [9.17, 15) is 4.79 Å². The number of nitriles is 1. The second-order valence-electron chi connectivity index (χ2n) is 4.38. The Bertz CT molecular complexity index is 509. The first-order chi connectivity index (χ1) is 8.63. The predicted molar refractivity (Wildman–Crippen MR) is 70.3 cm³/mol. The Hall–Kier alpha value is -1.73. The molecule has 1 aromatic rings. The van der Waals surface area contributed by atoms with Gasteiger partial charge in [-0.1, -0.05) is 11.6 Å². The van der Waals surface area contributed by atoms with Crippen LogP contribution in [0, 0.1) is 11.3 Å². The minimum Gasteiger partial charge on any atom is -0.368 e.